The van der Waals surface area contributed by atoms with E-state index in [0.29, 0.717) is 6.54 Å². The maximum Gasteiger partial charge on any atom is 0.159 e. The number of nitrogens with zero attached hydrogens (tertiary/aromatic N) is 5. The fourth-order valence-corrected chi connectivity index (χ4v) is 2.73. The number of hydrogen-bond donors (Lipinski definition) is 0. The van der Waals surface area contributed by atoms with E-state index < -0.39 is 0 Å². The molecule has 3 aromatic rings. The molecule has 3 heterocycles. The molecule has 0 fully saturated rings. The van der Waals surface area contributed by atoms with Gasteiger partial charge in [0.15, 0.2) is 11.4 Å². The van der Waals surface area contributed by atoms with E-state index in [2.05, 4.69) is 26.7 Å². The number of hydrogen-bond acceptors (Lipinski definition) is 4. The highest BCUT2D eigenvalue weighted by atomic mass is 35.5. The van der Waals surface area contributed by atoms with Gasteiger partial charge in [-0.3, -0.25) is 0 Å². The summed E-state index contributed by atoms with van der Waals surface area (Å²) in [5, 5.41) is 8.27. The molecule has 7 heteroatoms. The smallest absolute Gasteiger partial charge is 0.159 e. The van der Waals surface area contributed by atoms with Crippen molar-refractivity contribution in [2.24, 2.45) is 0 Å². The largest absolute Gasteiger partial charge is 0.359 e. The topological polar surface area (TPSA) is 61.7 Å². The Kier molecular flexibility index (Phi) is 3.49. The van der Waals surface area contributed by atoms with Crippen molar-refractivity contribution in [3.8, 4) is 0 Å². The van der Waals surface area contributed by atoms with E-state index in [1.54, 1.807) is 0 Å². The molecule has 0 aliphatic carbocycles. The van der Waals surface area contributed by atoms with Crippen LogP contribution in [-0.4, -0.2) is 24.5 Å². The zero-order chi connectivity index (χ0) is 15.1. The monoisotopic (exact) mass is 307 g/mol. The van der Waals surface area contributed by atoms with Crippen LogP contribution in [0.15, 0.2) is 10.6 Å². The van der Waals surface area contributed by atoms with Gasteiger partial charge in [0.05, 0.1) is 23.3 Å². The minimum Gasteiger partial charge on any atom is -0.359 e. The molecule has 6 nitrogen and oxygen atoms in total. The highest BCUT2D eigenvalue weighted by Crippen LogP contribution is 2.27. The lowest BCUT2D eigenvalue weighted by atomic mass is 10.3. The number of aryl methyl sites for hydroxylation is 3. The Hall–Kier alpha value is -1.82. The fourth-order valence-electron chi connectivity index (χ4n) is 2.57. The summed E-state index contributed by atoms with van der Waals surface area (Å²) in [6.07, 6.45) is 0. The Morgan fingerprint density at radius 3 is 2.71 bits per heavy atom. The van der Waals surface area contributed by atoms with E-state index in [0.717, 1.165) is 40.7 Å². The number of rotatable bonds is 4. The van der Waals surface area contributed by atoms with Crippen molar-refractivity contribution in [2.45, 2.75) is 46.2 Å². The third-order valence-corrected chi connectivity index (χ3v) is 3.67. The summed E-state index contributed by atoms with van der Waals surface area (Å²) in [5.41, 5.74) is 3.65. The molecule has 3 rings (SSSR count). The van der Waals surface area contributed by atoms with E-state index in [9.17, 15) is 0 Å². The van der Waals surface area contributed by atoms with Gasteiger partial charge in [-0.05, 0) is 27.7 Å². The zero-order valence-corrected chi connectivity index (χ0v) is 13.3. The SMILES string of the molecule is CCn1nc(C)c2nc(C(C)Cl)n(Cc3cc(C)no3)c21. The molecule has 0 radical (unpaired) electrons. The van der Waals surface area contributed by atoms with Crippen LogP contribution >= 0.6 is 11.6 Å². The first-order valence-electron chi connectivity index (χ1n) is 7.01. The predicted molar refractivity (Wildman–Crippen MR) is 80.5 cm³/mol. The van der Waals surface area contributed by atoms with Crippen molar-refractivity contribution in [3.63, 3.8) is 0 Å². The molecule has 0 aromatic carbocycles. The summed E-state index contributed by atoms with van der Waals surface area (Å²) >= 11 is 6.30. The summed E-state index contributed by atoms with van der Waals surface area (Å²) in [4.78, 5) is 4.67. The van der Waals surface area contributed by atoms with Crippen LogP contribution in [0.5, 0.6) is 0 Å². The van der Waals surface area contributed by atoms with Gasteiger partial charge in [0, 0.05) is 12.6 Å². The van der Waals surface area contributed by atoms with Crippen molar-refractivity contribution in [1.29, 1.82) is 0 Å². The molecule has 0 spiro atoms. The lowest BCUT2D eigenvalue weighted by Gasteiger charge is -2.09. The second kappa shape index (κ2) is 5.18. The van der Waals surface area contributed by atoms with Crippen LogP contribution in [0, 0.1) is 13.8 Å². The van der Waals surface area contributed by atoms with Gasteiger partial charge in [-0.25, -0.2) is 9.67 Å². The molecule has 0 saturated heterocycles. The normalized spacial score (nSPS) is 13.2. The Labute approximate surface area is 127 Å². The zero-order valence-electron chi connectivity index (χ0n) is 12.6. The van der Waals surface area contributed by atoms with Gasteiger partial charge in [0.1, 0.15) is 11.3 Å². The number of aromatic nitrogens is 5. The van der Waals surface area contributed by atoms with E-state index in [1.807, 2.05) is 31.5 Å². The highest BCUT2D eigenvalue weighted by Gasteiger charge is 2.21. The third kappa shape index (κ3) is 2.33. The standard InChI is InChI=1S/C14H18ClN5O/c1-5-20-14-12(10(4)17-20)16-13(9(3)15)19(14)7-11-6-8(2)18-21-11/h6,9H,5,7H2,1-4H3. The number of halogens is 1. The molecule has 1 unspecified atom stereocenters. The molecule has 112 valence electrons. The maximum absolute atomic E-state index is 6.30. The van der Waals surface area contributed by atoms with Crippen molar-refractivity contribution < 1.29 is 4.52 Å². The summed E-state index contributed by atoms with van der Waals surface area (Å²) in [6, 6.07) is 1.92. The van der Waals surface area contributed by atoms with Crippen LogP contribution in [-0.2, 0) is 13.1 Å². The van der Waals surface area contributed by atoms with Gasteiger partial charge in [0.25, 0.3) is 0 Å². The molecule has 0 amide bonds. The van der Waals surface area contributed by atoms with Crippen molar-refractivity contribution in [2.75, 3.05) is 0 Å². The number of fused-ring (bicyclic) bond motifs is 1. The van der Waals surface area contributed by atoms with Gasteiger partial charge in [-0.15, -0.1) is 11.6 Å². The quantitative estimate of drug-likeness (QED) is 0.694. The van der Waals surface area contributed by atoms with Gasteiger partial charge < -0.3 is 9.09 Å². The van der Waals surface area contributed by atoms with Gasteiger partial charge in [-0.2, -0.15) is 5.10 Å². The molecule has 0 aliphatic rings. The van der Waals surface area contributed by atoms with Crippen LogP contribution in [0.2, 0.25) is 0 Å². The molecule has 3 aromatic heterocycles. The summed E-state index contributed by atoms with van der Waals surface area (Å²) in [6.45, 7) is 9.18. The summed E-state index contributed by atoms with van der Waals surface area (Å²) in [7, 11) is 0. The molecule has 21 heavy (non-hydrogen) atoms. The Bertz CT molecular complexity index is 783. The Morgan fingerprint density at radius 2 is 2.14 bits per heavy atom. The molecular formula is C14H18ClN5O. The number of alkyl halides is 1. The average Bonchev–Trinajstić information content (AvgIpc) is 3.08. The van der Waals surface area contributed by atoms with Crippen molar-refractivity contribution in [1.82, 2.24) is 24.5 Å². The fraction of sp³-hybridized carbons (Fsp3) is 0.500. The van der Waals surface area contributed by atoms with Crippen LogP contribution in [0.25, 0.3) is 11.2 Å². The maximum atomic E-state index is 6.30. The summed E-state index contributed by atoms with van der Waals surface area (Å²) in [5.74, 6) is 1.61. The number of imidazole rings is 1. The second-order valence-corrected chi connectivity index (χ2v) is 5.83. The van der Waals surface area contributed by atoms with Gasteiger partial charge in [0.2, 0.25) is 0 Å². The molecule has 1 atom stereocenters. The first kappa shape index (κ1) is 14.1. The Balaban J connectivity index is 2.19. The van der Waals surface area contributed by atoms with Crippen molar-refractivity contribution >= 4 is 22.8 Å². The lowest BCUT2D eigenvalue weighted by Crippen LogP contribution is -2.10. The van der Waals surface area contributed by atoms with E-state index in [4.69, 9.17) is 16.1 Å². The minimum atomic E-state index is -0.189. The Morgan fingerprint density at radius 1 is 1.38 bits per heavy atom. The van der Waals surface area contributed by atoms with Crippen LogP contribution < -0.4 is 0 Å². The van der Waals surface area contributed by atoms with Crippen LogP contribution in [0.3, 0.4) is 0 Å². The minimum absolute atomic E-state index is 0.189. The molecule has 0 N–H and O–H groups in total. The van der Waals surface area contributed by atoms with Crippen LogP contribution in [0.4, 0.5) is 0 Å². The lowest BCUT2D eigenvalue weighted by molar-refractivity contribution is 0.372. The van der Waals surface area contributed by atoms with Crippen molar-refractivity contribution in [3.05, 3.63) is 29.0 Å². The first-order valence-corrected chi connectivity index (χ1v) is 7.44. The van der Waals surface area contributed by atoms with E-state index in [1.165, 1.54) is 0 Å². The van der Waals surface area contributed by atoms with E-state index in [-0.39, 0.29) is 5.38 Å². The molecule has 0 aliphatic heterocycles. The van der Waals surface area contributed by atoms with Gasteiger partial charge >= 0.3 is 0 Å². The molecule has 0 bridgehead atoms. The first-order chi connectivity index (χ1) is 10.0. The average molecular weight is 308 g/mol. The molecule has 0 saturated carbocycles. The highest BCUT2D eigenvalue weighted by molar-refractivity contribution is 6.20. The predicted octanol–water partition coefficient (Wildman–Crippen LogP) is 3.21. The summed E-state index contributed by atoms with van der Waals surface area (Å²) < 4.78 is 9.34. The van der Waals surface area contributed by atoms with E-state index >= 15 is 0 Å². The third-order valence-electron chi connectivity index (χ3n) is 3.47. The van der Waals surface area contributed by atoms with Crippen LogP contribution in [0.1, 0.15) is 42.2 Å². The second-order valence-electron chi connectivity index (χ2n) is 5.18. The molecular weight excluding hydrogens is 290 g/mol. The van der Waals surface area contributed by atoms with Gasteiger partial charge in [-0.1, -0.05) is 5.16 Å².